The maximum atomic E-state index is 12.3. The molecule has 0 fully saturated rings. The van der Waals surface area contributed by atoms with Crippen molar-refractivity contribution in [2.75, 3.05) is 13.2 Å². The number of aromatic nitrogens is 2. The standard InChI is InChI=1S/C21H19N3O3/c25-21(16-7-8-18(24-13-16)15-4-3-10-22-12-15)23-11-9-17-14-26-19-5-1-2-6-20(19)27-17/h1-8,10,12-13,17H,9,11,14H2,(H,23,25). The lowest BCUT2D eigenvalue weighted by Gasteiger charge is -2.26. The quantitative estimate of drug-likeness (QED) is 0.756. The molecule has 1 unspecified atom stereocenters. The maximum Gasteiger partial charge on any atom is 0.252 e. The Morgan fingerprint density at radius 1 is 1.07 bits per heavy atom. The van der Waals surface area contributed by atoms with Crippen molar-refractivity contribution in [3.05, 3.63) is 72.7 Å². The Morgan fingerprint density at radius 2 is 1.96 bits per heavy atom. The molecule has 3 aromatic rings. The van der Waals surface area contributed by atoms with Crippen molar-refractivity contribution >= 4 is 5.91 Å². The molecule has 1 amide bonds. The van der Waals surface area contributed by atoms with Gasteiger partial charge in [-0.1, -0.05) is 12.1 Å². The molecule has 4 rings (SSSR count). The second-order valence-electron chi connectivity index (χ2n) is 6.22. The summed E-state index contributed by atoms with van der Waals surface area (Å²) in [4.78, 5) is 20.7. The van der Waals surface area contributed by atoms with Crippen LogP contribution in [0.15, 0.2) is 67.1 Å². The van der Waals surface area contributed by atoms with Crippen LogP contribution in [0.3, 0.4) is 0 Å². The van der Waals surface area contributed by atoms with E-state index in [1.807, 2.05) is 42.5 Å². The summed E-state index contributed by atoms with van der Waals surface area (Å²) in [5.41, 5.74) is 2.22. The monoisotopic (exact) mass is 361 g/mol. The van der Waals surface area contributed by atoms with Crippen LogP contribution in [-0.4, -0.2) is 35.1 Å². The Morgan fingerprint density at radius 3 is 2.74 bits per heavy atom. The molecular formula is C21H19N3O3. The number of para-hydroxylation sites is 2. The fourth-order valence-electron chi connectivity index (χ4n) is 2.87. The normalized spacial score (nSPS) is 15.2. The molecular weight excluding hydrogens is 342 g/mol. The minimum Gasteiger partial charge on any atom is -0.486 e. The van der Waals surface area contributed by atoms with Gasteiger partial charge in [0.1, 0.15) is 12.7 Å². The van der Waals surface area contributed by atoms with Crippen LogP contribution in [0.2, 0.25) is 0 Å². The predicted octanol–water partition coefficient (Wildman–Crippen LogP) is 3.10. The molecule has 1 aromatic carbocycles. The first-order valence-corrected chi connectivity index (χ1v) is 8.83. The number of hydrogen-bond acceptors (Lipinski definition) is 5. The highest BCUT2D eigenvalue weighted by atomic mass is 16.6. The van der Waals surface area contributed by atoms with Gasteiger partial charge in [-0.05, 0) is 36.4 Å². The number of pyridine rings is 2. The van der Waals surface area contributed by atoms with E-state index in [9.17, 15) is 4.79 Å². The largest absolute Gasteiger partial charge is 0.486 e. The average molecular weight is 361 g/mol. The number of rotatable bonds is 5. The average Bonchev–Trinajstić information content (AvgIpc) is 2.74. The van der Waals surface area contributed by atoms with E-state index in [0.29, 0.717) is 25.1 Å². The summed E-state index contributed by atoms with van der Waals surface area (Å²) in [7, 11) is 0. The Kier molecular flexibility index (Phi) is 4.96. The molecule has 0 aliphatic carbocycles. The van der Waals surface area contributed by atoms with Crippen LogP contribution in [0.25, 0.3) is 11.3 Å². The van der Waals surface area contributed by atoms with Crippen LogP contribution in [0, 0.1) is 0 Å². The molecule has 27 heavy (non-hydrogen) atoms. The number of amides is 1. The molecule has 2 aromatic heterocycles. The molecule has 0 spiro atoms. The Labute approximate surface area is 157 Å². The zero-order valence-electron chi connectivity index (χ0n) is 14.7. The van der Waals surface area contributed by atoms with E-state index in [-0.39, 0.29) is 12.0 Å². The summed E-state index contributed by atoms with van der Waals surface area (Å²) in [6.45, 7) is 0.980. The molecule has 1 atom stereocenters. The lowest BCUT2D eigenvalue weighted by atomic mass is 10.1. The number of hydrogen-bond donors (Lipinski definition) is 1. The Bertz CT molecular complexity index is 913. The summed E-state index contributed by atoms with van der Waals surface area (Å²) < 4.78 is 11.6. The molecule has 1 N–H and O–H groups in total. The first kappa shape index (κ1) is 17.0. The molecule has 1 aliphatic heterocycles. The van der Waals surface area contributed by atoms with Crippen LogP contribution < -0.4 is 14.8 Å². The minimum atomic E-state index is -0.155. The topological polar surface area (TPSA) is 73.3 Å². The van der Waals surface area contributed by atoms with Crippen LogP contribution in [0.1, 0.15) is 16.8 Å². The highest BCUT2D eigenvalue weighted by Crippen LogP contribution is 2.31. The highest BCUT2D eigenvalue weighted by Gasteiger charge is 2.20. The number of carbonyl (C=O) groups excluding carboxylic acids is 1. The first-order valence-electron chi connectivity index (χ1n) is 8.83. The molecule has 6 heteroatoms. The number of carbonyl (C=O) groups is 1. The molecule has 1 aliphatic rings. The van der Waals surface area contributed by atoms with Crippen LogP contribution in [-0.2, 0) is 0 Å². The fraction of sp³-hybridized carbons (Fsp3) is 0.190. The van der Waals surface area contributed by atoms with Gasteiger partial charge in [0.2, 0.25) is 0 Å². The second kappa shape index (κ2) is 7.86. The Hall–Kier alpha value is -3.41. The van der Waals surface area contributed by atoms with E-state index in [0.717, 1.165) is 22.8 Å². The van der Waals surface area contributed by atoms with Crippen molar-refractivity contribution < 1.29 is 14.3 Å². The van der Waals surface area contributed by atoms with E-state index in [1.165, 1.54) is 0 Å². The summed E-state index contributed by atoms with van der Waals surface area (Å²) in [5, 5.41) is 2.90. The zero-order valence-corrected chi connectivity index (χ0v) is 14.7. The highest BCUT2D eigenvalue weighted by molar-refractivity contribution is 5.94. The van der Waals surface area contributed by atoms with Gasteiger partial charge in [-0.25, -0.2) is 0 Å². The summed E-state index contributed by atoms with van der Waals surface area (Å²) >= 11 is 0. The van der Waals surface area contributed by atoms with Crippen molar-refractivity contribution in [2.45, 2.75) is 12.5 Å². The van der Waals surface area contributed by atoms with Crippen molar-refractivity contribution in [3.8, 4) is 22.8 Å². The van der Waals surface area contributed by atoms with Gasteiger partial charge in [-0.2, -0.15) is 0 Å². The summed E-state index contributed by atoms with van der Waals surface area (Å²) in [5.74, 6) is 1.35. The number of fused-ring (bicyclic) bond motifs is 1. The Balaban J connectivity index is 1.29. The number of ether oxygens (including phenoxy) is 2. The van der Waals surface area contributed by atoms with Gasteiger partial charge in [0, 0.05) is 37.1 Å². The summed E-state index contributed by atoms with van der Waals surface area (Å²) in [6.07, 6.45) is 5.62. The molecule has 0 radical (unpaired) electrons. The lowest BCUT2D eigenvalue weighted by Crippen LogP contribution is -2.34. The minimum absolute atomic E-state index is 0.0775. The lowest BCUT2D eigenvalue weighted by molar-refractivity contribution is 0.0812. The third kappa shape index (κ3) is 4.06. The van der Waals surface area contributed by atoms with Gasteiger partial charge in [0.15, 0.2) is 11.5 Å². The molecule has 6 nitrogen and oxygen atoms in total. The van der Waals surface area contributed by atoms with Crippen LogP contribution in [0.4, 0.5) is 0 Å². The fourth-order valence-corrected chi connectivity index (χ4v) is 2.87. The predicted molar refractivity (Wildman–Crippen MR) is 101 cm³/mol. The van der Waals surface area contributed by atoms with Gasteiger partial charge in [0.25, 0.3) is 5.91 Å². The van der Waals surface area contributed by atoms with E-state index in [4.69, 9.17) is 9.47 Å². The second-order valence-corrected chi connectivity index (χ2v) is 6.22. The number of nitrogens with zero attached hydrogens (tertiary/aromatic N) is 2. The van der Waals surface area contributed by atoms with Crippen molar-refractivity contribution in [2.24, 2.45) is 0 Å². The summed E-state index contributed by atoms with van der Waals surface area (Å²) in [6, 6.07) is 15.0. The molecule has 3 heterocycles. The van der Waals surface area contributed by atoms with Crippen LogP contribution >= 0.6 is 0 Å². The maximum absolute atomic E-state index is 12.3. The van der Waals surface area contributed by atoms with Crippen molar-refractivity contribution in [3.63, 3.8) is 0 Å². The van der Waals surface area contributed by atoms with Gasteiger partial charge in [-0.3, -0.25) is 14.8 Å². The molecule has 136 valence electrons. The smallest absolute Gasteiger partial charge is 0.252 e. The van der Waals surface area contributed by atoms with Gasteiger partial charge in [0.05, 0.1) is 11.3 Å². The molecule has 0 bridgehead atoms. The third-order valence-electron chi connectivity index (χ3n) is 4.30. The van der Waals surface area contributed by atoms with E-state index < -0.39 is 0 Å². The van der Waals surface area contributed by atoms with Crippen molar-refractivity contribution in [1.82, 2.24) is 15.3 Å². The number of nitrogens with one attached hydrogen (secondary N) is 1. The number of benzene rings is 1. The zero-order chi connectivity index (χ0) is 18.5. The van der Waals surface area contributed by atoms with E-state index >= 15 is 0 Å². The van der Waals surface area contributed by atoms with Gasteiger partial charge < -0.3 is 14.8 Å². The molecule has 0 saturated carbocycles. The van der Waals surface area contributed by atoms with Gasteiger partial charge >= 0.3 is 0 Å². The van der Waals surface area contributed by atoms with Crippen molar-refractivity contribution in [1.29, 1.82) is 0 Å². The first-order chi connectivity index (χ1) is 13.3. The third-order valence-corrected chi connectivity index (χ3v) is 4.30. The molecule has 0 saturated heterocycles. The van der Waals surface area contributed by atoms with Gasteiger partial charge in [-0.15, -0.1) is 0 Å². The SMILES string of the molecule is O=C(NCCC1COc2ccccc2O1)c1ccc(-c2cccnc2)nc1. The van der Waals surface area contributed by atoms with E-state index in [1.54, 1.807) is 24.7 Å². The van der Waals surface area contributed by atoms with E-state index in [2.05, 4.69) is 15.3 Å². The van der Waals surface area contributed by atoms with Crippen LogP contribution in [0.5, 0.6) is 11.5 Å².